The summed E-state index contributed by atoms with van der Waals surface area (Å²) in [5.41, 5.74) is 1.25. The van der Waals surface area contributed by atoms with Crippen LogP contribution in [0, 0.1) is 11.6 Å². The summed E-state index contributed by atoms with van der Waals surface area (Å²) in [5.74, 6) is -0.986. The van der Waals surface area contributed by atoms with E-state index in [9.17, 15) is 13.6 Å². The number of carbonyl (C=O) groups is 1. The van der Waals surface area contributed by atoms with Crippen molar-refractivity contribution in [1.82, 2.24) is 25.4 Å². The molecule has 4 aromatic rings. The maximum absolute atomic E-state index is 14.6. The van der Waals surface area contributed by atoms with Crippen molar-refractivity contribution in [1.29, 1.82) is 0 Å². The smallest absolute Gasteiger partial charge is 0.290 e. The largest absolute Gasteiger partial charge is 0.355 e. The van der Waals surface area contributed by atoms with Crippen molar-refractivity contribution >= 4 is 23.3 Å². The molecule has 11 heteroatoms. The number of aromatic nitrogens is 4. The van der Waals surface area contributed by atoms with Crippen molar-refractivity contribution < 1.29 is 18.1 Å². The minimum Gasteiger partial charge on any atom is -0.355 e. The highest BCUT2D eigenvalue weighted by Gasteiger charge is 2.25. The van der Waals surface area contributed by atoms with Gasteiger partial charge in [-0.25, -0.2) is 18.7 Å². The minimum absolute atomic E-state index is 0.0292. The molecule has 0 bridgehead atoms. The Hall–Kier alpha value is -3.92. The van der Waals surface area contributed by atoms with Gasteiger partial charge in [0.1, 0.15) is 23.1 Å². The Morgan fingerprint density at radius 1 is 1.06 bits per heavy atom. The Bertz CT molecular complexity index is 1360. The summed E-state index contributed by atoms with van der Waals surface area (Å²) < 4.78 is 33.0. The normalized spacial score (nSPS) is 14.2. The Morgan fingerprint density at radius 3 is 2.60 bits per heavy atom. The van der Waals surface area contributed by atoms with Crippen LogP contribution in [0.15, 0.2) is 59.6 Å². The van der Waals surface area contributed by atoms with Gasteiger partial charge in [-0.3, -0.25) is 9.78 Å². The van der Waals surface area contributed by atoms with E-state index in [4.69, 9.17) is 21.1 Å². The van der Waals surface area contributed by atoms with Gasteiger partial charge in [0.25, 0.3) is 5.91 Å². The zero-order chi connectivity index (χ0) is 24.4. The van der Waals surface area contributed by atoms with E-state index in [1.165, 1.54) is 30.6 Å². The first-order valence-electron chi connectivity index (χ1n) is 10.9. The molecule has 1 amide bonds. The molecule has 1 N–H and O–H groups in total. The first-order chi connectivity index (χ1) is 17.0. The molecule has 1 aliphatic heterocycles. The summed E-state index contributed by atoms with van der Waals surface area (Å²) in [6.45, 7) is 1.23. The fourth-order valence-electron chi connectivity index (χ4n) is 4.01. The highest BCUT2D eigenvalue weighted by Crippen LogP contribution is 2.35. The SMILES string of the molecule is O=C(NC1CCN(c2cnc(-c3ccc(F)cc3F)c(-c3ccncc3Cl)n2)CC1)c1ccno1. The lowest BCUT2D eigenvalue weighted by Crippen LogP contribution is -2.45. The number of rotatable bonds is 5. The molecule has 0 radical (unpaired) electrons. The molecule has 1 aliphatic rings. The predicted octanol–water partition coefficient (Wildman–Crippen LogP) is 4.52. The van der Waals surface area contributed by atoms with Gasteiger partial charge in [0.15, 0.2) is 0 Å². The van der Waals surface area contributed by atoms with Gasteiger partial charge in [-0.05, 0) is 31.0 Å². The molecule has 5 rings (SSSR count). The molecule has 0 unspecified atom stereocenters. The molecule has 0 atom stereocenters. The lowest BCUT2D eigenvalue weighted by atomic mass is 10.0. The van der Waals surface area contributed by atoms with E-state index in [0.717, 1.165) is 6.07 Å². The molecular formula is C24H19ClF2N6O2. The summed E-state index contributed by atoms with van der Waals surface area (Å²) in [6.07, 6.45) is 7.37. The summed E-state index contributed by atoms with van der Waals surface area (Å²) in [6, 6.07) is 6.46. The standard InChI is InChI=1S/C24H19ClF2N6O2/c25-18-12-28-7-3-16(18)23-22(17-2-1-14(26)11-19(17)27)29-13-21(32-23)33-9-5-15(6-10-33)31-24(34)20-4-8-30-35-20/h1-4,7-8,11-13,15H,5-6,9-10H2,(H,31,34). The van der Waals surface area contributed by atoms with E-state index in [0.29, 0.717) is 48.0 Å². The van der Waals surface area contributed by atoms with E-state index < -0.39 is 11.6 Å². The molecule has 1 fully saturated rings. The highest BCUT2D eigenvalue weighted by molar-refractivity contribution is 6.33. The monoisotopic (exact) mass is 496 g/mol. The number of pyridine rings is 1. The van der Waals surface area contributed by atoms with Crippen molar-refractivity contribution in [3.05, 3.63) is 77.5 Å². The highest BCUT2D eigenvalue weighted by atomic mass is 35.5. The topological polar surface area (TPSA) is 97.0 Å². The fourth-order valence-corrected chi connectivity index (χ4v) is 4.22. The lowest BCUT2D eigenvalue weighted by molar-refractivity contribution is 0.0893. The first-order valence-corrected chi connectivity index (χ1v) is 11.3. The van der Waals surface area contributed by atoms with E-state index in [1.54, 1.807) is 18.5 Å². The van der Waals surface area contributed by atoms with Crippen LogP contribution in [-0.2, 0) is 0 Å². The van der Waals surface area contributed by atoms with Crippen molar-refractivity contribution in [2.75, 3.05) is 18.0 Å². The molecule has 35 heavy (non-hydrogen) atoms. The number of nitrogens with zero attached hydrogens (tertiary/aromatic N) is 5. The molecule has 0 aliphatic carbocycles. The molecule has 0 spiro atoms. The number of hydrogen-bond acceptors (Lipinski definition) is 7. The van der Waals surface area contributed by atoms with Crippen LogP contribution < -0.4 is 10.2 Å². The van der Waals surface area contributed by atoms with Crippen molar-refractivity contribution in [3.63, 3.8) is 0 Å². The van der Waals surface area contributed by atoms with Crippen LogP contribution in [0.1, 0.15) is 23.4 Å². The number of carbonyl (C=O) groups excluding carboxylic acids is 1. The second-order valence-corrected chi connectivity index (χ2v) is 8.42. The van der Waals surface area contributed by atoms with Crippen molar-refractivity contribution in [3.8, 4) is 22.5 Å². The van der Waals surface area contributed by atoms with Gasteiger partial charge < -0.3 is 14.7 Å². The van der Waals surface area contributed by atoms with Crippen LogP contribution in [0.5, 0.6) is 0 Å². The third-order valence-electron chi connectivity index (χ3n) is 5.79. The van der Waals surface area contributed by atoms with E-state index in [2.05, 4.69) is 20.4 Å². The van der Waals surface area contributed by atoms with Gasteiger partial charge in [0.05, 0.1) is 23.1 Å². The number of benzene rings is 1. The van der Waals surface area contributed by atoms with E-state index in [-0.39, 0.29) is 29.0 Å². The first kappa shape index (κ1) is 22.9. The quantitative estimate of drug-likeness (QED) is 0.433. The number of anilines is 1. The average molecular weight is 497 g/mol. The molecule has 178 valence electrons. The Balaban J connectivity index is 1.41. The van der Waals surface area contributed by atoms with Crippen LogP contribution >= 0.6 is 11.6 Å². The Kier molecular flexibility index (Phi) is 6.37. The predicted molar refractivity (Wildman–Crippen MR) is 125 cm³/mol. The van der Waals surface area contributed by atoms with E-state index in [1.807, 2.05) is 4.90 Å². The van der Waals surface area contributed by atoms with Crippen LogP contribution in [0.2, 0.25) is 5.02 Å². The molecule has 4 heterocycles. The summed E-state index contributed by atoms with van der Waals surface area (Å²) >= 11 is 6.38. The molecular weight excluding hydrogens is 478 g/mol. The third-order valence-corrected chi connectivity index (χ3v) is 6.09. The minimum atomic E-state index is -0.748. The Labute approximate surface area is 204 Å². The van der Waals surface area contributed by atoms with Crippen LogP contribution in [0.3, 0.4) is 0 Å². The third kappa shape index (κ3) is 4.83. The summed E-state index contributed by atoms with van der Waals surface area (Å²) in [5, 5.41) is 6.83. The average Bonchev–Trinajstić information content (AvgIpc) is 3.40. The second-order valence-electron chi connectivity index (χ2n) is 8.02. The number of piperidine rings is 1. The van der Waals surface area contributed by atoms with Crippen LogP contribution in [0.4, 0.5) is 14.6 Å². The number of amides is 1. The molecule has 8 nitrogen and oxygen atoms in total. The Morgan fingerprint density at radius 2 is 1.89 bits per heavy atom. The fraction of sp³-hybridized carbons (Fsp3) is 0.208. The van der Waals surface area contributed by atoms with Crippen molar-refractivity contribution in [2.45, 2.75) is 18.9 Å². The maximum atomic E-state index is 14.6. The zero-order valence-electron chi connectivity index (χ0n) is 18.3. The van der Waals surface area contributed by atoms with Gasteiger partial charge in [-0.15, -0.1) is 0 Å². The van der Waals surface area contributed by atoms with Gasteiger partial charge in [-0.1, -0.05) is 16.8 Å². The maximum Gasteiger partial charge on any atom is 0.290 e. The molecule has 0 saturated carbocycles. The summed E-state index contributed by atoms with van der Waals surface area (Å²) in [4.78, 5) is 27.5. The van der Waals surface area contributed by atoms with Crippen LogP contribution in [0.25, 0.3) is 22.5 Å². The molecule has 1 saturated heterocycles. The van der Waals surface area contributed by atoms with Crippen molar-refractivity contribution in [2.24, 2.45) is 0 Å². The number of halogens is 3. The van der Waals surface area contributed by atoms with Gasteiger partial charge in [0, 0.05) is 54.8 Å². The zero-order valence-corrected chi connectivity index (χ0v) is 19.0. The molecule has 3 aromatic heterocycles. The number of nitrogens with one attached hydrogen (secondary N) is 1. The van der Waals surface area contributed by atoms with Crippen LogP contribution in [-0.4, -0.2) is 45.1 Å². The van der Waals surface area contributed by atoms with E-state index >= 15 is 0 Å². The van der Waals surface area contributed by atoms with Gasteiger partial charge >= 0.3 is 0 Å². The summed E-state index contributed by atoms with van der Waals surface area (Å²) in [7, 11) is 0. The van der Waals surface area contributed by atoms with Gasteiger partial charge in [0.2, 0.25) is 5.76 Å². The number of hydrogen-bond donors (Lipinski definition) is 1. The van der Waals surface area contributed by atoms with Gasteiger partial charge in [-0.2, -0.15) is 0 Å². The lowest BCUT2D eigenvalue weighted by Gasteiger charge is -2.33. The molecule has 1 aromatic carbocycles. The second kappa shape index (κ2) is 9.75.